The van der Waals surface area contributed by atoms with E-state index in [1.54, 1.807) is 0 Å². The van der Waals surface area contributed by atoms with E-state index in [0.29, 0.717) is 12.0 Å². The first-order chi connectivity index (χ1) is 8.77. The van der Waals surface area contributed by atoms with Gasteiger partial charge in [0.2, 0.25) is 0 Å². The van der Waals surface area contributed by atoms with Gasteiger partial charge in [0.05, 0.1) is 5.60 Å². The van der Waals surface area contributed by atoms with E-state index in [4.69, 9.17) is 10.5 Å². The van der Waals surface area contributed by atoms with Crippen LogP contribution in [0.3, 0.4) is 0 Å². The molecule has 3 aliphatic rings. The fourth-order valence-electron chi connectivity index (χ4n) is 3.79. The molecule has 1 heterocycles. The molecule has 1 saturated heterocycles. The van der Waals surface area contributed by atoms with Crippen molar-refractivity contribution >= 4 is 11.8 Å². The summed E-state index contributed by atoms with van der Waals surface area (Å²) >= 11 is 2.15. The van der Waals surface area contributed by atoms with E-state index in [2.05, 4.69) is 11.8 Å². The maximum atomic E-state index is 6.45. The van der Waals surface area contributed by atoms with E-state index in [0.717, 1.165) is 11.9 Å². The van der Waals surface area contributed by atoms with Crippen LogP contribution < -0.4 is 5.73 Å². The molecule has 3 rings (SSSR count). The van der Waals surface area contributed by atoms with Gasteiger partial charge in [-0.2, -0.15) is 11.8 Å². The molecule has 2 unspecified atom stereocenters. The number of thioether (sulfide) groups is 1. The quantitative estimate of drug-likeness (QED) is 0.850. The van der Waals surface area contributed by atoms with Gasteiger partial charge in [0.15, 0.2) is 0 Å². The van der Waals surface area contributed by atoms with Gasteiger partial charge in [-0.1, -0.05) is 12.8 Å². The summed E-state index contributed by atoms with van der Waals surface area (Å²) in [6, 6.07) is 0.400. The number of ether oxygens (including phenoxy) is 1. The maximum absolute atomic E-state index is 6.45. The summed E-state index contributed by atoms with van der Waals surface area (Å²) in [5.41, 5.74) is 6.71. The van der Waals surface area contributed by atoms with Crippen LogP contribution in [0.25, 0.3) is 0 Å². The van der Waals surface area contributed by atoms with Crippen LogP contribution in [0.4, 0.5) is 0 Å². The lowest BCUT2D eigenvalue weighted by Crippen LogP contribution is -2.49. The van der Waals surface area contributed by atoms with E-state index < -0.39 is 0 Å². The van der Waals surface area contributed by atoms with Gasteiger partial charge in [-0.05, 0) is 50.9 Å². The van der Waals surface area contributed by atoms with Gasteiger partial charge in [0, 0.05) is 23.7 Å². The summed E-state index contributed by atoms with van der Waals surface area (Å²) in [6.45, 7) is 0.951. The summed E-state index contributed by atoms with van der Waals surface area (Å²) in [7, 11) is 0. The Kier molecular flexibility index (Phi) is 4.21. The number of rotatable bonds is 4. The number of nitrogens with two attached hydrogens (primary N) is 1. The van der Waals surface area contributed by atoms with Crippen molar-refractivity contribution in [2.24, 2.45) is 11.7 Å². The van der Waals surface area contributed by atoms with Gasteiger partial charge in [0.1, 0.15) is 0 Å². The van der Waals surface area contributed by atoms with Gasteiger partial charge in [0.25, 0.3) is 0 Å². The van der Waals surface area contributed by atoms with E-state index in [9.17, 15) is 0 Å². The lowest BCUT2D eigenvalue weighted by atomic mass is 9.71. The smallest absolute Gasteiger partial charge is 0.0685 e. The van der Waals surface area contributed by atoms with Gasteiger partial charge >= 0.3 is 0 Å². The fourth-order valence-corrected chi connectivity index (χ4v) is 5.22. The standard InChI is InChI=1S/C15H27NOS/c16-14(11-18-13-4-1-2-5-13)12-6-9-17-15(10-12)7-3-8-15/h12-14H,1-11,16H2. The molecule has 0 amide bonds. The van der Waals surface area contributed by atoms with Crippen LogP contribution in [-0.2, 0) is 4.74 Å². The van der Waals surface area contributed by atoms with Gasteiger partial charge in [-0.25, -0.2) is 0 Å². The molecule has 2 N–H and O–H groups in total. The van der Waals surface area contributed by atoms with E-state index >= 15 is 0 Å². The minimum absolute atomic E-state index is 0.262. The molecule has 18 heavy (non-hydrogen) atoms. The molecule has 0 aromatic rings. The Morgan fingerprint density at radius 2 is 1.94 bits per heavy atom. The molecule has 0 aromatic carbocycles. The van der Waals surface area contributed by atoms with Crippen molar-refractivity contribution in [3.63, 3.8) is 0 Å². The Balaban J connectivity index is 1.44. The SMILES string of the molecule is NC(CSC1CCCC1)C1CCOC2(CCC2)C1. The average Bonchev–Trinajstić information content (AvgIpc) is 2.87. The van der Waals surface area contributed by atoms with Crippen molar-refractivity contribution in [1.82, 2.24) is 0 Å². The average molecular weight is 269 g/mol. The lowest BCUT2D eigenvalue weighted by Gasteiger charge is -2.48. The Hall–Kier alpha value is 0.270. The van der Waals surface area contributed by atoms with Gasteiger partial charge < -0.3 is 10.5 Å². The van der Waals surface area contributed by atoms with Crippen molar-refractivity contribution < 1.29 is 4.74 Å². The Bertz CT molecular complexity index is 274. The Morgan fingerprint density at radius 1 is 1.17 bits per heavy atom. The van der Waals surface area contributed by atoms with E-state index in [1.165, 1.54) is 63.5 Å². The highest BCUT2D eigenvalue weighted by Crippen LogP contribution is 2.45. The number of hydrogen-bond acceptors (Lipinski definition) is 3. The van der Waals surface area contributed by atoms with Crippen molar-refractivity contribution in [2.75, 3.05) is 12.4 Å². The Morgan fingerprint density at radius 3 is 2.61 bits per heavy atom. The highest BCUT2D eigenvalue weighted by Gasteiger charge is 2.43. The molecule has 0 bridgehead atoms. The summed E-state index contributed by atoms with van der Waals surface area (Å²) in [6.07, 6.45) is 12.1. The van der Waals surface area contributed by atoms with Crippen molar-refractivity contribution in [1.29, 1.82) is 0 Å². The van der Waals surface area contributed by atoms with Crippen molar-refractivity contribution in [3.8, 4) is 0 Å². The molecule has 0 radical (unpaired) electrons. The van der Waals surface area contributed by atoms with Crippen LogP contribution in [0, 0.1) is 5.92 Å². The first-order valence-electron chi connectivity index (χ1n) is 7.79. The normalized spacial score (nSPS) is 33.5. The van der Waals surface area contributed by atoms with E-state index in [-0.39, 0.29) is 5.60 Å². The largest absolute Gasteiger partial charge is 0.375 e. The molecule has 104 valence electrons. The third-order valence-corrected chi connectivity index (χ3v) is 6.75. The van der Waals surface area contributed by atoms with Crippen LogP contribution in [-0.4, -0.2) is 29.3 Å². The number of hydrogen-bond donors (Lipinski definition) is 1. The molecule has 2 saturated carbocycles. The van der Waals surface area contributed by atoms with Crippen LogP contribution in [0.5, 0.6) is 0 Å². The monoisotopic (exact) mass is 269 g/mol. The molecule has 2 aliphatic carbocycles. The minimum Gasteiger partial charge on any atom is -0.375 e. The molecule has 1 aliphatic heterocycles. The predicted octanol–water partition coefficient (Wildman–Crippen LogP) is 3.34. The second-order valence-electron chi connectivity index (χ2n) is 6.54. The van der Waals surface area contributed by atoms with Crippen molar-refractivity contribution in [2.45, 2.75) is 74.7 Å². The van der Waals surface area contributed by atoms with Crippen LogP contribution in [0.2, 0.25) is 0 Å². The zero-order chi connectivity index (χ0) is 12.4. The molecule has 1 spiro atoms. The topological polar surface area (TPSA) is 35.2 Å². The zero-order valence-corrected chi connectivity index (χ0v) is 12.2. The predicted molar refractivity (Wildman–Crippen MR) is 77.9 cm³/mol. The summed E-state index contributed by atoms with van der Waals surface area (Å²) < 4.78 is 6.00. The minimum atomic E-state index is 0.262. The van der Waals surface area contributed by atoms with Crippen LogP contribution in [0.15, 0.2) is 0 Å². The highest BCUT2D eigenvalue weighted by molar-refractivity contribution is 7.99. The first kappa shape index (κ1) is 13.3. The van der Waals surface area contributed by atoms with Crippen LogP contribution in [0.1, 0.15) is 57.8 Å². The molecule has 2 atom stereocenters. The second kappa shape index (κ2) is 5.72. The summed E-state index contributed by atoms with van der Waals surface area (Å²) in [4.78, 5) is 0. The third kappa shape index (κ3) is 2.88. The summed E-state index contributed by atoms with van der Waals surface area (Å²) in [5.74, 6) is 1.89. The molecule has 3 heteroatoms. The molecular formula is C15H27NOS. The molecular weight excluding hydrogens is 242 g/mol. The van der Waals surface area contributed by atoms with Gasteiger partial charge in [-0.15, -0.1) is 0 Å². The second-order valence-corrected chi connectivity index (χ2v) is 7.87. The van der Waals surface area contributed by atoms with Gasteiger partial charge in [-0.3, -0.25) is 0 Å². The van der Waals surface area contributed by atoms with Crippen LogP contribution >= 0.6 is 11.8 Å². The fraction of sp³-hybridized carbons (Fsp3) is 1.00. The lowest BCUT2D eigenvalue weighted by molar-refractivity contribution is -0.145. The maximum Gasteiger partial charge on any atom is 0.0685 e. The first-order valence-corrected chi connectivity index (χ1v) is 8.83. The van der Waals surface area contributed by atoms with Crippen molar-refractivity contribution in [3.05, 3.63) is 0 Å². The zero-order valence-electron chi connectivity index (χ0n) is 11.4. The third-order valence-electron chi connectivity index (χ3n) is 5.23. The Labute approximate surface area is 115 Å². The highest BCUT2D eigenvalue weighted by atomic mass is 32.2. The summed E-state index contributed by atoms with van der Waals surface area (Å²) in [5, 5.41) is 0.911. The molecule has 3 fully saturated rings. The molecule has 2 nitrogen and oxygen atoms in total. The van der Waals surface area contributed by atoms with E-state index in [1.807, 2.05) is 0 Å². The molecule has 0 aromatic heterocycles.